The zero-order valence-electron chi connectivity index (χ0n) is 19.3. The van der Waals surface area contributed by atoms with E-state index in [0.717, 1.165) is 11.0 Å². The maximum Gasteiger partial charge on any atom is 0.416 e. The van der Waals surface area contributed by atoms with Crippen LogP contribution in [-0.4, -0.2) is 24.5 Å². The molecule has 1 aliphatic heterocycles. The van der Waals surface area contributed by atoms with E-state index in [1.165, 1.54) is 6.92 Å². The number of nitrogens with zero attached hydrogens (tertiary/aromatic N) is 1. The van der Waals surface area contributed by atoms with E-state index < -0.39 is 64.6 Å². The Morgan fingerprint density at radius 1 is 0.838 bits per heavy atom. The second-order valence-corrected chi connectivity index (χ2v) is 8.35. The van der Waals surface area contributed by atoms with E-state index in [1.54, 1.807) is 6.92 Å². The molecule has 3 rings (SSSR count). The summed E-state index contributed by atoms with van der Waals surface area (Å²) in [6, 6.07) is 1.68. The molecule has 4 nitrogen and oxygen atoms in total. The van der Waals surface area contributed by atoms with Gasteiger partial charge in [-0.25, -0.2) is 4.79 Å². The van der Waals surface area contributed by atoms with Gasteiger partial charge in [-0.3, -0.25) is 9.69 Å². The van der Waals surface area contributed by atoms with E-state index in [1.807, 2.05) is 0 Å². The standard InChI is InChI=1S/C24H20F9NO3/c1-3-16-11-18(20(35)12-7-14(23(28,29)30)9-15(8-12)24(31,32)33)17-10-13(22(25,26)27)5-6-19(17)34(16)21(36)37-4-2/h5-10,16,18H,3-4,11H2,1-2H3/t16-,18-/m1/s1. The van der Waals surface area contributed by atoms with Crippen LogP contribution in [0.15, 0.2) is 36.4 Å². The Bertz CT molecular complexity index is 1150. The van der Waals surface area contributed by atoms with Crippen LogP contribution in [0.4, 0.5) is 50.0 Å². The largest absolute Gasteiger partial charge is 0.449 e. The molecule has 37 heavy (non-hydrogen) atoms. The van der Waals surface area contributed by atoms with Crippen molar-refractivity contribution in [2.75, 3.05) is 11.5 Å². The Morgan fingerprint density at radius 2 is 1.38 bits per heavy atom. The Morgan fingerprint density at radius 3 is 1.84 bits per heavy atom. The van der Waals surface area contributed by atoms with Gasteiger partial charge in [-0.1, -0.05) is 6.92 Å². The molecule has 2 aromatic carbocycles. The van der Waals surface area contributed by atoms with Gasteiger partial charge in [-0.15, -0.1) is 0 Å². The fourth-order valence-corrected chi connectivity index (χ4v) is 4.27. The number of hydrogen-bond acceptors (Lipinski definition) is 3. The molecule has 2 atom stereocenters. The maximum atomic E-state index is 13.5. The van der Waals surface area contributed by atoms with Crippen molar-refractivity contribution >= 4 is 17.6 Å². The van der Waals surface area contributed by atoms with Crippen molar-refractivity contribution in [3.63, 3.8) is 0 Å². The van der Waals surface area contributed by atoms with Crippen LogP contribution in [0.5, 0.6) is 0 Å². The Labute approximate surface area is 205 Å². The molecule has 1 amide bonds. The van der Waals surface area contributed by atoms with E-state index in [9.17, 15) is 49.1 Å². The molecule has 0 N–H and O–H groups in total. The number of carbonyl (C=O) groups excluding carboxylic acids is 2. The number of Topliss-reactive ketones (excluding diaryl/α,β-unsaturated/α-hetero) is 1. The molecule has 1 heterocycles. The van der Waals surface area contributed by atoms with Crippen molar-refractivity contribution in [2.45, 2.75) is 57.2 Å². The number of fused-ring (bicyclic) bond motifs is 1. The second-order valence-electron chi connectivity index (χ2n) is 8.35. The Hall–Kier alpha value is -3.25. The van der Waals surface area contributed by atoms with E-state index in [0.29, 0.717) is 12.1 Å². The van der Waals surface area contributed by atoms with E-state index >= 15 is 0 Å². The molecule has 13 heteroatoms. The lowest BCUT2D eigenvalue weighted by molar-refractivity contribution is -0.143. The molecule has 0 saturated heterocycles. The summed E-state index contributed by atoms with van der Waals surface area (Å²) in [4.78, 5) is 27.1. The molecule has 1 aliphatic rings. The molecule has 0 unspecified atom stereocenters. The minimum Gasteiger partial charge on any atom is -0.449 e. The van der Waals surface area contributed by atoms with Crippen molar-refractivity contribution in [1.29, 1.82) is 0 Å². The van der Waals surface area contributed by atoms with Crippen LogP contribution < -0.4 is 4.90 Å². The Kier molecular flexibility index (Phi) is 7.58. The fraction of sp³-hybridized carbons (Fsp3) is 0.417. The van der Waals surface area contributed by atoms with Gasteiger partial charge in [0.25, 0.3) is 0 Å². The normalized spacial score (nSPS) is 18.4. The Balaban J connectivity index is 2.23. The van der Waals surface area contributed by atoms with Gasteiger partial charge in [0.2, 0.25) is 0 Å². The highest BCUT2D eigenvalue weighted by molar-refractivity contribution is 6.04. The lowest BCUT2D eigenvalue weighted by Crippen LogP contribution is -2.46. The maximum absolute atomic E-state index is 13.5. The van der Waals surface area contributed by atoms with Crippen LogP contribution in [0.1, 0.15) is 65.2 Å². The van der Waals surface area contributed by atoms with Gasteiger partial charge in [0.05, 0.1) is 34.9 Å². The third-order valence-electron chi connectivity index (χ3n) is 5.99. The molecule has 2 aromatic rings. The van der Waals surface area contributed by atoms with E-state index in [4.69, 9.17) is 4.74 Å². The number of anilines is 1. The van der Waals surface area contributed by atoms with Gasteiger partial charge in [-0.05, 0) is 61.7 Å². The van der Waals surface area contributed by atoms with Gasteiger partial charge >= 0.3 is 24.6 Å². The highest BCUT2D eigenvalue weighted by Crippen LogP contribution is 2.45. The molecule has 0 bridgehead atoms. The number of ketones is 1. The number of carbonyl (C=O) groups is 2. The smallest absolute Gasteiger partial charge is 0.416 e. The third-order valence-corrected chi connectivity index (χ3v) is 5.99. The molecule has 0 spiro atoms. The number of alkyl halides is 9. The quantitative estimate of drug-likeness (QED) is 0.293. The molecule has 0 radical (unpaired) electrons. The van der Waals surface area contributed by atoms with Crippen molar-refractivity contribution in [3.05, 3.63) is 64.2 Å². The highest BCUT2D eigenvalue weighted by atomic mass is 19.4. The topological polar surface area (TPSA) is 46.6 Å². The molecule has 0 saturated carbocycles. The predicted molar refractivity (Wildman–Crippen MR) is 113 cm³/mol. The van der Waals surface area contributed by atoms with Crippen LogP contribution in [-0.2, 0) is 23.3 Å². The van der Waals surface area contributed by atoms with Gasteiger partial charge in [-0.2, -0.15) is 39.5 Å². The summed E-state index contributed by atoms with van der Waals surface area (Å²) in [5.74, 6) is -2.79. The van der Waals surface area contributed by atoms with Crippen LogP contribution in [0, 0.1) is 0 Å². The van der Waals surface area contributed by atoms with Crippen LogP contribution in [0.2, 0.25) is 0 Å². The minimum absolute atomic E-state index is 0.0749. The zero-order chi connectivity index (χ0) is 27.9. The number of rotatable bonds is 4. The molecule has 0 fully saturated rings. The summed E-state index contributed by atoms with van der Waals surface area (Å²) in [6.45, 7) is 3.02. The molecule has 0 aromatic heterocycles. The fourth-order valence-electron chi connectivity index (χ4n) is 4.27. The van der Waals surface area contributed by atoms with Crippen LogP contribution in [0.25, 0.3) is 0 Å². The van der Waals surface area contributed by atoms with Crippen molar-refractivity contribution in [3.8, 4) is 0 Å². The first-order valence-corrected chi connectivity index (χ1v) is 11.0. The van der Waals surface area contributed by atoms with Crippen LogP contribution in [0.3, 0.4) is 0 Å². The van der Waals surface area contributed by atoms with Crippen molar-refractivity contribution < 1.29 is 53.8 Å². The molecule has 0 aliphatic carbocycles. The monoisotopic (exact) mass is 541 g/mol. The lowest BCUT2D eigenvalue weighted by Gasteiger charge is -2.39. The van der Waals surface area contributed by atoms with E-state index in [2.05, 4.69) is 0 Å². The number of amides is 1. The first-order valence-electron chi connectivity index (χ1n) is 11.0. The average molecular weight is 541 g/mol. The SMILES string of the molecule is CCOC(=O)N1c2ccc(C(F)(F)F)cc2[C@H](C(=O)c2cc(C(F)(F)F)cc(C(F)(F)F)c2)C[C@H]1CC. The summed E-state index contributed by atoms with van der Waals surface area (Å²) in [5.41, 5.74) is -6.14. The van der Waals surface area contributed by atoms with Gasteiger partial charge in [0.15, 0.2) is 5.78 Å². The average Bonchev–Trinajstić information content (AvgIpc) is 2.80. The van der Waals surface area contributed by atoms with Gasteiger partial charge in [0.1, 0.15) is 0 Å². The van der Waals surface area contributed by atoms with Crippen molar-refractivity contribution in [1.82, 2.24) is 0 Å². The number of ether oxygens (including phenoxy) is 1. The molecule has 202 valence electrons. The summed E-state index contributed by atoms with van der Waals surface area (Å²) < 4.78 is 125. The van der Waals surface area contributed by atoms with Crippen LogP contribution >= 0.6 is 0 Å². The molecular formula is C24H20F9NO3. The third kappa shape index (κ3) is 5.85. The molecular weight excluding hydrogens is 521 g/mol. The van der Waals surface area contributed by atoms with Crippen molar-refractivity contribution in [2.24, 2.45) is 0 Å². The summed E-state index contributed by atoms with van der Waals surface area (Å²) in [5, 5.41) is 0. The first kappa shape index (κ1) is 28.3. The highest BCUT2D eigenvalue weighted by Gasteiger charge is 2.43. The zero-order valence-corrected chi connectivity index (χ0v) is 19.3. The number of halogens is 9. The predicted octanol–water partition coefficient (Wildman–Crippen LogP) is 7.85. The first-order chi connectivity index (χ1) is 17.0. The lowest BCUT2D eigenvalue weighted by atomic mass is 9.79. The van der Waals surface area contributed by atoms with Gasteiger partial charge in [0, 0.05) is 11.6 Å². The van der Waals surface area contributed by atoms with Gasteiger partial charge < -0.3 is 4.74 Å². The minimum atomic E-state index is -5.23. The summed E-state index contributed by atoms with van der Waals surface area (Å²) >= 11 is 0. The van der Waals surface area contributed by atoms with E-state index in [-0.39, 0.29) is 48.9 Å². The second kappa shape index (κ2) is 9.90. The number of hydrogen-bond donors (Lipinski definition) is 0. The summed E-state index contributed by atoms with van der Waals surface area (Å²) in [6.07, 6.45) is -16.4. The number of benzene rings is 2. The summed E-state index contributed by atoms with van der Waals surface area (Å²) in [7, 11) is 0.